The van der Waals surface area contributed by atoms with Crippen molar-refractivity contribution in [3.63, 3.8) is 0 Å². The molecule has 0 radical (unpaired) electrons. The van der Waals surface area contributed by atoms with Crippen molar-refractivity contribution < 1.29 is 14.6 Å². The van der Waals surface area contributed by atoms with Crippen molar-refractivity contribution in [3.8, 4) is 11.3 Å². The molecule has 0 unspecified atom stereocenters. The zero-order valence-electron chi connectivity index (χ0n) is 14.7. The van der Waals surface area contributed by atoms with Gasteiger partial charge in [-0.2, -0.15) is 0 Å². The zero-order chi connectivity index (χ0) is 19.0. The molecule has 0 bridgehead atoms. The van der Waals surface area contributed by atoms with Gasteiger partial charge in [-0.3, -0.25) is 4.79 Å². The number of hydrogen-bond acceptors (Lipinski definition) is 3. The van der Waals surface area contributed by atoms with Crippen molar-refractivity contribution in [1.82, 2.24) is 9.55 Å². The van der Waals surface area contributed by atoms with Crippen molar-refractivity contribution in [2.75, 3.05) is 13.7 Å². The molecule has 136 valence electrons. The molecule has 6 heteroatoms. The lowest BCUT2D eigenvalue weighted by Gasteiger charge is -2.17. The highest BCUT2D eigenvalue weighted by atomic mass is 16.5. The number of para-hydroxylation sites is 1. The SMILES string of the molecule is COCCn1c(-c2c[nH]c3ccccc23)c(C(=O)O)c2ccccc2c1=O. The summed E-state index contributed by atoms with van der Waals surface area (Å²) < 4.78 is 6.66. The van der Waals surface area contributed by atoms with E-state index in [1.165, 1.54) is 4.57 Å². The van der Waals surface area contributed by atoms with Gasteiger partial charge in [-0.15, -0.1) is 0 Å². The predicted molar refractivity (Wildman–Crippen MR) is 104 cm³/mol. The number of benzene rings is 2. The molecular weight excluding hydrogens is 344 g/mol. The lowest BCUT2D eigenvalue weighted by molar-refractivity contribution is 0.0699. The molecule has 2 aromatic heterocycles. The molecule has 0 fully saturated rings. The van der Waals surface area contributed by atoms with E-state index in [4.69, 9.17) is 4.74 Å². The summed E-state index contributed by atoms with van der Waals surface area (Å²) in [5.41, 5.74) is 1.84. The largest absolute Gasteiger partial charge is 0.478 e. The second-order valence-electron chi connectivity index (χ2n) is 6.27. The summed E-state index contributed by atoms with van der Waals surface area (Å²) in [5, 5.41) is 11.7. The number of pyridine rings is 1. The number of carboxylic acids is 1. The number of hydrogen-bond donors (Lipinski definition) is 2. The van der Waals surface area contributed by atoms with Crippen molar-refractivity contribution in [1.29, 1.82) is 0 Å². The number of aromatic nitrogens is 2. The van der Waals surface area contributed by atoms with Gasteiger partial charge in [-0.05, 0) is 12.1 Å². The van der Waals surface area contributed by atoms with Crippen molar-refractivity contribution in [2.45, 2.75) is 6.54 Å². The fourth-order valence-corrected chi connectivity index (χ4v) is 3.56. The Morgan fingerprint density at radius 2 is 1.74 bits per heavy atom. The summed E-state index contributed by atoms with van der Waals surface area (Å²) in [5.74, 6) is -1.07. The Balaban J connectivity index is 2.18. The second-order valence-corrected chi connectivity index (χ2v) is 6.27. The van der Waals surface area contributed by atoms with Crippen LogP contribution in [0.25, 0.3) is 32.9 Å². The van der Waals surface area contributed by atoms with E-state index in [2.05, 4.69) is 4.98 Å². The van der Waals surface area contributed by atoms with Crippen LogP contribution in [-0.2, 0) is 11.3 Å². The second kappa shape index (κ2) is 6.74. The lowest BCUT2D eigenvalue weighted by atomic mass is 9.98. The van der Waals surface area contributed by atoms with E-state index in [0.29, 0.717) is 28.6 Å². The van der Waals surface area contributed by atoms with Crippen LogP contribution in [0.5, 0.6) is 0 Å². The fraction of sp³-hybridized carbons (Fsp3) is 0.143. The van der Waals surface area contributed by atoms with Crippen LogP contribution < -0.4 is 5.56 Å². The topological polar surface area (TPSA) is 84.3 Å². The summed E-state index contributed by atoms with van der Waals surface area (Å²) in [6.07, 6.45) is 1.75. The molecule has 2 N–H and O–H groups in total. The third-order valence-corrected chi connectivity index (χ3v) is 4.76. The van der Waals surface area contributed by atoms with Gasteiger partial charge in [0, 0.05) is 47.1 Å². The molecule has 4 rings (SSSR count). The molecule has 0 aliphatic heterocycles. The monoisotopic (exact) mass is 362 g/mol. The van der Waals surface area contributed by atoms with Crippen molar-refractivity contribution in [2.24, 2.45) is 0 Å². The van der Waals surface area contributed by atoms with Crippen LogP contribution in [0.15, 0.2) is 59.5 Å². The molecule has 0 amide bonds. The molecule has 0 aliphatic rings. The van der Waals surface area contributed by atoms with E-state index < -0.39 is 5.97 Å². The zero-order valence-corrected chi connectivity index (χ0v) is 14.7. The molecular formula is C21H18N2O4. The van der Waals surface area contributed by atoms with Crippen LogP contribution in [0.1, 0.15) is 10.4 Å². The number of fused-ring (bicyclic) bond motifs is 2. The van der Waals surface area contributed by atoms with E-state index in [1.807, 2.05) is 24.3 Å². The Kier molecular flexibility index (Phi) is 4.25. The number of methoxy groups -OCH3 is 1. The number of nitrogens with zero attached hydrogens (tertiary/aromatic N) is 1. The van der Waals surface area contributed by atoms with Gasteiger partial charge < -0.3 is 19.4 Å². The third kappa shape index (κ3) is 2.71. The van der Waals surface area contributed by atoms with Gasteiger partial charge >= 0.3 is 5.97 Å². The molecule has 0 spiro atoms. The van der Waals surface area contributed by atoms with Crippen LogP contribution in [0, 0.1) is 0 Å². The molecule has 4 aromatic rings. The molecule has 2 aromatic carbocycles. The Morgan fingerprint density at radius 3 is 2.44 bits per heavy atom. The normalized spacial score (nSPS) is 11.3. The van der Waals surface area contributed by atoms with E-state index >= 15 is 0 Å². The molecule has 6 nitrogen and oxygen atoms in total. The first-order valence-electron chi connectivity index (χ1n) is 8.57. The number of aromatic carboxylic acids is 1. The number of carbonyl (C=O) groups is 1. The predicted octanol–water partition coefficient (Wildman–Crippen LogP) is 3.49. The minimum Gasteiger partial charge on any atom is -0.478 e. The summed E-state index contributed by atoms with van der Waals surface area (Å²) >= 11 is 0. The van der Waals surface area contributed by atoms with Gasteiger partial charge in [0.25, 0.3) is 5.56 Å². The number of H-pyrrole nitrogens is 1. The minimum atomic E-state index is -1.07. The number of ether oxygens (including phenoxy) is 1. The molecule has 0 saturated carbocycles. The third-order valence-electron chi connectivity index (χ3n) is 4.76. The van der Waals surface area contributed by atoms with E-state index in [-0.39, 0.29) is 17.7 Å². The average Bonchev–Trinajstić information content (AvgIpc) is 3.10. The van der Waals surface area contributed by atoms with Crippen LogP contribution in [0.2, 0.25) is 0 Å². The highest BCUT2D eigenvalue weighted by molar-refractivity contribution is 6.11. The summed E-state index contributed by atoms with van der Waals surface area (Å²) in [6.45, 7) is 0.557. The average molecular weight is 362 g/mol. The van der Waals surface area contributed by atoms with Gasteiger partial charge in [0.1, 0.15) is 0 Å². The van der Waals surface area contributed by atoms with Crippen molar-refractivity contribution in [3.05, 3.63) is 70.6 Å². The molecule has 27 heavy (non-hydrogen) atoms. The van der Waals surface area contributed by atoms with Gasteiger partial charge in [-0.1, -0.05) is 36.4 Å². The maximum absolute atomic E-state index is 13.2. The summed E-state index contributed by atoms with van der Waals surface area (Å²) in [7, 11) is 1.55. The number of nitrogens with one attached hydrogen (secondary N) is 1. The number of aromatic amines is 1. The molecule has 0 saturated heterocycles. The Bertz CT molecular complexity index is 1220. The maximum atomic E-state index is 13.2. The first-order valence-corrected chi connectivity index (χ1v) is 8.57. The minimum absolute atomic E-state index is 0.117. The number of carboxylic acid groups (broad SMARTS) is 1. The first-order chi connectivity index (χ1) is 13.1. The van der Waals surface area contributed by atoms with E-state index in [0.717, 1.165) is 10.9 Å². The Morgan fingerprint density at radius 1 is 1.07 bits per heavy atom. The van der Waals surface area contributed by atoms with Gasteiger partial charge in [0.05, 0.1) is 17.9 Å². The molecule has 2 heterocycles. The number of rotatable bonds is 5. The fourth-order valence-electron chi connectivity index (χ4n) is 3.56. The van der Waals surface area contributed by atoms with Crippen LogP contribution in [-0.4, -0.2) is 34.3 Å². The Labute approximate surface area is 154 Å². The molecule has 0 aliphatic carbocycles. The summed E-state index contributed by atoms with van der Waals surface area (Å²) in [4.78, 5) is 28.6. The van der Waals surface area contributed by atoms with Crippen LogP contribution in [0.4, 0.5) is 0 Å². The summed E-state index contributed by atoms with van der Waals surface area (Å²) in [6, 6.07) is 14.4. The highest BCUT2D eigenvalue weighted by Gasteiger charge is 2.24. The first kappa shape index (κ1) is 17.1. The lowest BCUT2D eigenvalue weighted by Crippen LogP contribution is -2.26. The van der Waals surface area contributed by atoms with E-state index in [1.54, 1.807) is 37.6 Å². The van der Waals surface area contributed by atoms with E-state index in [9.17, 15) is 14.7 Å². The van der Waals surface area contributed by atoms with Crippen LogP contribution >= 0.6 is 0 Å². The highest BCUT2D eigenvalue weighted by Crippen LogP contribution is 2.33. The van der Waals surface area contributed by atoms with Gasteiger partial charge in [0.2, 0.25) is 0 Å². The quantitative estimate of drug-likeness (QED) is 0.569. The Hall–Kier alpha value is -3.38. The standard InChI is InChI=1S/C21H18N2O4/c1-27-11-10-23-19(16-12-22-17-9-5-4-6-13(16)17)18(21(25)26)14-7-2-3-8-15(14)20(23)24/h2-9,12,22H,10-11H2,1H3,(H,25,26). The molecule has 0 atom stereocenters. The maximum Gasteiger partial charge on any atom is 0.338 e. The van der Waals surface area contributed by atoms with Crippen LogP contribution in [0.3, 0.4) is 0 Å². The smallest absolute Gasteiger partial charge is 0.338 e. The van der Waals surface area contributed by atoms with Gasteiger partial charge in [-0.25, -0.2) is 4.79 Å². The van der Waals surface area contributed by atoms with Gasteiger partial charge in [0.15, 0.2) is 0 Å². The van der Waals surface area contributed by atoms with Crippen molar-refractivity contribution >= 4 is 27.6 Å².